The van der Waals surface area contributed by atoms with Crippen LogP contribution < -0.4 is 0 Å². The van der Waals surface area contributed by atoms with Crippen molar-refractivity contribution in [3.63, 3.8) is 0 Å². The predicted molar refractivity (Wildman–Crippen MR) is 116 cm³/mol. The van der Waals surface area contributed by atoms with E-state index in [9.17, 15) is 13.2 Å². The first kappa shape index (κ1) is 22.1. The van der Waals surface area contributed by atoms with Crippen molar-refractivity contribution in [2.45, 2.75) is 74.9 Å². The van der Waals surface area contributed by atoms with Gasteiger partial charge in [0.15, 0.2) is 9.84 Å². The molecule has 0 amide bonds. The number of hydrogen-bond donors (Lipinski definition) is 0. The molecule has 0 radical (unpaired) electrons. The second-order valence-electron chi connectivity index (χ2n) is 9.77. The van der Waals surface area contributed by atoms with Crippen molar-refractivity contribution in [3.05, 3.63) is 42.2 Å². The number of cyclic esters (lactones) is 1. The molecule has 1 fully saturated rings. The Morgan fingerprint density at radius 1 is 1.14 bits per heavy atom. The molecule has 1 saturated heterocycles. The minimum Gasteiger partial charge on any atom is -0.547 e. The van der Waals surface area contributed by atoms with E-state index in [0.717, 1.165) is 0 Å². The van der Waals surface area contributed by atoms with Gasteiger partial charge in [0.1, 0.15) is 0 Å². The average Bonchev–Trinajstić information content (AvgIpc) is 2.60. The summed E-state index contributed by atoms with van der Waals surface area (Å²) in [5, 5.41) is -0.878. The number of sulfone groups is 1. The lowest BCUT2D eigenvalue weighted by Crippen LogP contribution is -2.49. The third kappa shape index (κ3) is 4.31. The predicted octanol–water partition coefficient (Wildman–Crippen LogP) is 4.71. The maximum Gasteiger partial charge on any atom is 0.311 e. The van der Waals surface area contributed by atoms with Crippen LogP contribution in [-0.2, 0) is 23.8 Å². The molecule has 160 valence electrons. The monoisotopic (exact) mass is 436 g/mol. The molecule has 0 aromatic heterocycles. The third-order valence-electron chi connectivity index (χ3n) is 6.52. The summed E-state index contributed by atoms with van der Waals surface area (Å²) in [4.78, 5) is 13.0. The molecule has 29 heavy (non-hydrogen) atoms. The number of carbonyl (C=O) groups is 1. The highest BCUT2D eigenvalue weighted by Gasteiger charge is 2.51. The molecule has 1 heterocycles. The summed E-state index contributed by atoms with van der Waals surface area (Å²) in [5.74, 6) is -0.587. The molecule has 3 rings (SSSR count). The van der Waals surface area contributed by atoms with Crippen LogP contribution in [0, 0.1) is 11.8 Å². The SMILES string of the molecule is C[C@@H]1C[C@@H]2C=C(O[Si](C)(C)C(C)(C)C)C[C@@H](S(=O)(=O)c3ccccc3)[C@@H]2C(=O)O1. The van der Waals surface area contributed by atoms with E-state index in [1.807, 2.05) is 13.0 Å². The smallest absolute Gasteiger partial charge is 0.311 e. The number of benzene rings is 1. The minimum atomic E-state index is -3.71. The van der Waals surface area contributed by atoms with Gasteiger partial charge in [-0.2, -0.15) is 0 Å². The van der Waals surface area contributed by atoms with E-state index in [2.05, 4.69) is 33.9 Å². The maximum atomic E-state index is 13.5. The zero-order valence-corrected chi connectivity index (χ0v) is 20.0. The third-order valence-corrected chi connectivity index (χ3v) is 13.1. The van der Waals surface area contributed by atoms with Crippen molar-refractivity contribution in [3.8, 4) is 0 Å². The molecule has 7 heteroatoms. The summed E-state index contributed by atoms with van der Waals surface area (Å²) in [6, 6.07) is 8.38. The molecule has 0 unspecified atom stereocenters. The van der Waals surface area contributed by atoms with E-state index >= 15 is 0 Å². The summed E-state index contributed by atoms with van der Waals surface area (Å²) >= 11 is 0. The number of carbonyl (C=O) groups excluding carboxylic acids is 1. The fourth-order valence-electron chi connectivity index (χ4n) is 3.91. The van der Waals surface area contributed by atoms with Gasteiger partial charge in [0.25, 0.3) is 0 Å². The second-order valence-corrected chi connectivity index (χ2v) is 16.7. The van der Waals surface area contributed by atoms with E-state index in [1.54, 1.807) is 30.3 Å². The highest BCUT2D eigenvalue weighted by Crippen LogP contribution is 2.45. The highest BCUT2D eigenvalue weighted by molar-refractivity contribution is 7.92. The number of allylic oxidation sites excluding steroid dienone is 2. The van der Waals surface area contributed by atoms with E-state index in [1.165, 1.54) is 0 Å². The Morgan fingerprint density at radius 3 is 2.34 bits per heavy atom. The molecule has 0 bridgehead atoms. The number of fused-ring (bicyclic) bond motifs is 1. The zero-order valence-electron chi connectivity index (χ0n) is 18.1. The van der Waals surface area contributed by atoms with Gasteiger partial charge in [-0.05, 0) is 55.6 Å². The number of hydrogen-bond acceptors (Lipinski definition) is 5. The van der Waals surface area contributed by atoms with Gasteiger partial charge in [0.05, 0.1) is 27.9 Å². The first-order valence-electron chi connectivity index (χ1n) is 10.2. The van der Waals surface area contributed by atoms with Gasteiger partial charge in [-0.15, -0.1) is 0 Å². The van der Waals surface area contributed by atoms with E-state index in [-0.39, 0.29) is 28.4 Å². The molecule has 1 aromatic carbocycles. The fraction of sp³-hybridized carbons (Fsp3) is 0.591. The van der Waals surface area contributed by atoms with E-state index < -0.39 is 35.3 Å². The van der Waals surface area contributed by atoms with Crippen molar-refractivity contribution >= 4 is 24.1 Å². The normalized spacial score (nSPS) is 28.2. The summed E-state index contributed by atoms with van der Waals surface area (Å²) in [5.41, 5.74) is 0. The van der Waals surface area contributed by atoms with Crippen LogP contribution in [0.2, 0.25) is 18.1 Å². The lowest BCUT2D eigenvalue weighted by atomic mass is 9.78. The van der Waals surface area contributed by atoms with Gasteiger partial charge in [0.2, 0.25) is 8.32 Å². The molecule has 2 aliphatic rings. The summed E-state index contributed by atoms with van der Waals surface area (Å²) < 4.78 is 38.9. The van der Waals surface area contributed by atoms with Crippen molar-refractivity contribution in [1.82, 2.24) is 0 Å². The van der Waals surface area contributed by atoms with Crippen molar-refractivity contribution < 1.29 is 22.4 Å². The highest BCUT2D eigenvalue weighted by atomic mass is 32.2. The first-order chi connectivity index (χ1) is 13.3. The quantitative estimate of drug-likeness (QED) is 0.505. The van der Waals surface area contributed by atoms with Crippen molar-refractivity contribution in [2.24, 2.45) is 11.8 Å². The summed E-state index contributed by atoms with van der Waals surface area (Å²) in [6.45, 7) is 12.6. The van der Waals surface area contributed by atoms with Gasteiger partial charge in [-0.1, -0.05) is 39.0 Å². The van der Waals surface area contributed by atoms with Crippen molar-refractivity contribution in [1.29, 1.82) is 0 Å². The van der Waals surface area contributed by atoms with Gasteiger partial charge >= 0.3 is 5.97 Å². The second kappa shape index (κ2) is 7.58. The van der Waals surface area contributed by atoms with Crippen LogP contribution in [-0.4, -0.2) is 34.1 Å². The lowest BCUT2D eigenvalue weighted by molar-refractivity contribution is -0.162. The zero-order chi connectivity index (χ0) is 21.6. The largest absolute Gasteiger partial charge is 0.547 e. The molecular formula is C22H32O5SSi. The molecule has 0 spiro atoms. The van der Waals surface area contributed by atoms with Crippen molar-refractivity contribution in [2.75, 3.05) is 0 Å². The van der Waals surface area contributed by atoms with Crippen LogP contribution in [0.1, 0.15) is 40.5 Å². The van der Waals surface area contributed by atoms with Crippen LogP contribution in [0.4, 0.5) is 0 Å². The van der Waals surface area contributed by atoms with Gasteiger partial charge in [-0.3, -0.25) is 4.79 Å². The van der Waals surface area contributed by atoms with E-state index in [0.29, 0.717) is 12.2 Å². The Labute approximate surface area is 175 Å². The van der Waals surface area contributed by atoms with Gasteiger partial charge in [0, 0.05) is 6.42 Å². The number of ether oxygens (including phenoxy) is 1. The van der Waals surface area contributed by atoms with Crippen LogP contribution in [0.5, 0.6) is 0 Å². The van der Waals surface area contributed by atoms with Crippen LogP contribution in [0.25, 0.3) is 0 Å². The molecule has 4 atom stereocenters. The topological polar surface area (TPSA) is 69.7 Å². The molecule has 1 aromatic rings. The summed E-state index contributed by atoms with van der Waals surface area (Å²) in [6.07, 6.45) is 2.59. The molecule has 5 nitrogen and oxygen atoms in total. The summed E-state index contributed by atoms with van der Waals surface area (Å²) in [7, 11) is -5.84. The number of rotatable bonds is 4. The van der Waals surface area contributed by atoms with Crippen LogP contribution in [0.3, 0.4) is 0 Å². The Hall–Kier alpha value is -1.60. The van der Waals surface area contributed by atoms with Crippen LogP contribution >= 0.6 is 0 Å². The molecule has 0 N–H and O–H groups in total. The number of esters is 1. The Balaban J connectivity index is 2.02. The molecule has 1 aliphatic heterocycles. The Morgan fingerprint density at radius 2 is 1.76 bits per heavy atom. The molecule has 0 saturated carbocycles. The van der Waals surface area contributed by atoms with Gasteiger partial charge in [-0.25, -0.2) is 8.42 Å². The van der Waals surface area contributed by atoms with Gasteiger partial charge < -0.3 is 9.16 Å². The van der Waals surface area contributed by atoms with E-state index in [4.69, 9.17) is 9.16 Å². The molecule has 1 aliphatic carbocycles. The maximum absolute atomic E-state index is 13.5. The minimum absolute atomic E-state index is 0.00270. The Kier molecular flexibility index (Phi) is 5.77. The van der Waals surface area contributed by atoms with Crippen LogP contribution in [0.15, 0.2) is 47.1 Å². The standard InChI is InChI=1S/C22H32O5SSi/c1-15-12-16-13-17(27-29(5,6)22(2,3)4)14-19(20(16)21(23)26-15)28(24,25)18-10-8-7-9-11-18/h7-11,13,15-16,19-20H,12,14H2,1-6H3/t15-,16-,19-,20-/m1/s1. The lowest BCUT2D eigenvalue weighted by Gasteiger charge is -2.43. The molecular weight excluding hydrogens is 404 g/mol. The first-order valence-corrected chi connectivity index (χ1v) is 14.7. The fourth-order valence-corrected chi connectivity index (χ4v) is 6.99. The Bertz CT molecular complexity index is 899. The average molecular weight is 437 g/mol.